The van der Waals surface area contributed by atoms with Gasteiger partial charge in [-0.2, -0.15) is 0 Å². The van der Waals surface area contributed by atoms with E-state index in [9.17, 15) is 26.3 Å². The lowest BCUT2D eigenvalue weighted by Gasteiger charge is -2.26. The van der Waals surface area contributed by atoms with Gasteiger partial charge in [-0.05, 0) is 37.0 Å². The molecule has 2 atom stereocenters. The molecule has 0 aromatic heterocycles. The summed E-state index contributed by atoms with van der Waals surface area (Å²) in [4.78, 5) is 0. The van der Waals surface area contributed by atoms with Crippen molar-refractivity contribution in [2.45, 2.75) is 25.7 Å². The monoisotopic (exact) mass is 304 g/mol. The molecule has 2 rings (SSSR count). The molecule has 0 spiro atoms. The minimum absolute atomic E-state index is 0.00603. The van der Waals surface area contributed by atoms with Crippen LogP contribution >= 0.6 is 0 Å². The van der Waals surface area contributed by atoms with Gasteiger partial charge >= 0.3 is 0 Å². The predicted octanol–water partition coefficient (Wildman–Crippen LogP) is 3.45. The van der Waals surface area contributed by atoms with Gasteiger partial charge in [0.05, 0.1) is 0 Å². The van der Waals surface area contributed by atoms with Crippen LogP contribution < -0.4 is 5.46 Å². The topological polar surface area (TPSA) is 0 Å². The Kier molecular flexibility index (Phi) is 3.95. The van der Waals surface area contributed by atoms with Crippen molar-refractivity contribution in [3.8, 4) is 0 Å². The first-order valence-corrected chi connectivity index (χ1v) is 6.18. The van der Waals surface area contributed by atoms with Crippen molar-refractivity contribution in [2.24, 2.45) is 0 Å². The van der Waals surface area contributed by atoms with E-state index >= 15 is 0 Å². The molecular formula is C14H11BF6. The van der Waals surface area contributed by atoms with E-state index in [1.165, 1.54) is 6.92 Å². The van der Waals surface area contributed by atoms with E-state index in [1.54, 1.807) is 0 Å². The molecule has 1 aromatic rings. The molecule has 21 heavy (non-hydrogen) atoms. The Balaban J connectivity index is 2.45. The Bertz CT molecular complexity index is 647. The number of benzene rings is 1. The average molecular weight is 304 g/mol. The summed E-state index contributed by atoms with van der Waals surface area (Å²) in [7, 11) is -0.564. The van der Waals surface area contributed by atoms with E-state index in [0.717, 1.165) is 6.07 Å². The molecule has 1 aliphatic rings. The van der Waals surface area contributed by atoms with Crippen molar-refractivity contribution < 1.29 is 26.3 Å². The Labute approximate surface area is 118 Å². The predicted molar refractivity (Wildman–Crippen MR) is 69.6 cm³/mol. The van der Waals surface area contributed by atoms with Gasteiger partial charge in [-0.25, -0.2) is 26.3 Å². The van der Waals surface area contributed by atoms with Crippen LogP contribution in [0.2, 0.25) is 0 Å². The molecule has 0 saturated carbocycles. The smallest absolute Gasteiger partial charge is 0.200 e. The fourth-order valence-corrected chi connectivity index (χ4v) is 2.16. The van der Waals surface area contributed by atoms with Gasteiger partial charge in [0.1, 0.15) is 23.3 Å². The second-order valence-corrected chi connectivity index (χ2v) is 5.18. The fraction of sp³-hybridized carbons (Fsp3) is 0.286. The number of halogens is 6. The maximum Gasteiger partial charge on any atom is 0.200 e. The second kappa shape index (κ2) is 5.28. The zero-order valence-electron chi connectivity index (χ0n) is 11.3. The van der Waals surface area contributed by atoms with Crippen LogP contribution in [0, 0.1) is 18.6 Å². The van der Waals surface area contributed by atoms with E-state index in [2.05, 4.69) is 0 Å². The molecule has 0 radical (unpaired) electrons. The average Bonchev–Trinajstić information content (AvgIpc) is 2.37. The SMILES string of the molecule is Cc1c(F)cc(F)cc1BC1=C(F)C(F)C(C)(F)C=C1F. The highest BCUT2D eigenvalue weighted by Crippen LogP contribution is 2.37. The van der Waals surface area contributed by atoms with Crippen LogP contribution in [0.4, 0.5) is 26.3 Å². The summed E-state index contributed by atoms with van der Waals surface area (Å²) < 4.78 is 81.3. The van der Waals surface area contributed by atoms with Crippen molar-refractivity contribution in [3.05, 3.63) is 52.5 Å². The molecule has 2 unspecified atom stereocenters. The number of alkyl halides is 2. The van der Waals surface area contributed by atoms with Crippen LogP contribution in [-0.4, -0.2) is 19.1 Å². The van der Waals surface area contributed by atoms with Gasteiger partial charge in [0.25, 0.3) is 0 Å². The van der Waals surface area contributed by atoms with Crippen LogP contribution in [0.1, 0.15) is 12.5 Å². The fourth-order valence-electron chi connectivity index (χ4n) is 2.16. The van der Waals surface area contributed by atoms with Crippen LogP contribution in [0.25, 0.3) is 0 Å². The molecule has 0 bridgehead atoms. The number of rotatable bonds is 2. The van der Waals surface area contributed by atoms with Crippen LogP contribution in [0.15, 0.2) is 35.3 Å². The van der Waals surface area contributed by atoms with Gasteiger partial charge < -0.3 is 0 Å². The molecule has 0 fully saturated rings. The maximum absolute atomic E-state index is 13.8. The highest BCUT2D eigenvalue weighted by atomic mass is 19.2. The molecule has 7 heteroatoms. The first-order chi connectivity index (χ1) is 9.63. The van der Waals surface area contributed by atoms with Gasteiger partial charge in [0.15, 0.2) is 19.1 Å². The Hall–Kier alpha value is -1.66. The van der Waals surface area contributed by atoms with Crippen LogP contribution in [-0.2, 0) is 0 Å². The largest absolute Gasteiger partial charge is 0.236 e. The first-order valence-electron chi connectivity index (χ1n) is 6.18. The number of hydrogen-bond acceptors (Lipinski definition) is 0. The lowest BCUT2D eigenvalue weighted by atomic mass is 9.59. The van der Waals surface area contributed by atoms with Gasteiger partial charge in [-0.3, -0.25) is 0 Å². The lowest BCUT2D eigenvalue weighted by molar-refractivity contribution is 0.114. The Morgan fingerprint density at radius 1 is 1.14 bits per heavy atom. The standard InChI is InChI=1S/C14H11BF6/c1-6-8(3-7(16)4-9(6)17)15-11-10(18)5-14(2,21)13(20)12(11)19/h3-5,13,15H,1-2H3. The molecule has 1 aromatic carbocycles. The lowest BCUT2D eigenvalue weighted by Crippen LogP contribution is -2.36. The zero-order chi connectivity index (χ0) is 15.9. The minimum Gasteiger partial charge on any atom is -0.236 e. The van der Waals surface area contributed by atoms with Crippen molar-refractivity contribution in [2.75, 3.05) is 0 Å². The Morgan fingerprint density at radius 2 is 1.76 bits per heavy atom. The molecular weight excluding hydrogens is 293 g/mol. The molecule has 0 N–H and O–H groups in total. The Morgan fingerprint density at radius 3 is 2.38 bits per heavy atom. The van der Waals surface area contributed by atoms with Crippen molar-refractivity contribution in [1.82, 2.24) is 0 Å². The summed E-state index contributed by atoms with van der Waals surface area (Å²) in [5.74, 6) is -4.65. The number of allylic oxidation sites excluding steroid dienone is 4. The molecule has 0 nitrogen and oxygen atoms in total. The maximum atomic E-state index is 13.8. The molecule has 1 aliphatic carbocycles. The van der Waals surface area contributed by atoms with E-state index in [1.807, 2.05) is 0 Å². The van der Waals surface area contributed by atoms with E-state index in [0.29, 0.717) is 19.1 Å². The molecule has 0 heterocycles. The van der Waals surface area contributed by atoms with E-state index < -0.39 is 47.9 Å². The van der Waals surface area contributed by atoms with E-state index in [4.69, 9.17) is 0 Å². The summed E-state index contributed by atoms with van der Waals surface area (Å²) in [6, 6.07) is 1.54. The van der Waals surface area contributed by atoms with Gasteiger partial charge in [-0.1, -0.05) is 5.46 Å². The van der Waals surface area contributed by atoms with Crippen molar-refractivity contribution in [1.29, 1.82) is 0 Å². The highest BCUT2D eigenvalue weighted by Gasteiger charge is 2.42. The molecule has 0 aliphatic heterocycles. The summed E-state index contributed by atoms with van der Waals surface area (Å²) in [6.07, 6.45) is -2.31. The molecule has 0 amide bonds. The van der Waals surface area contributed by atoms with E-state index in [-0.39, 0.29) is 11.0 Å². The summed E-state index contributed by atoms with van der Waals surface area (Å²) in [6.45, 7) is 2.01. The quantitative estimate of drug-likeness (QED) is 0.580. The second-order valence-electron chi connectivity index (χ2n) is 5.18. The molecule has 112 valence electrons. The zero-order valence-corrected chi connectivity index (χ0v) is 11.3. The number of hydrogen-bond donors (Lipinski definition) is 0. The van der Waals surface area contributed by atoms with Gasteiger partial charge in [0, 0.05) is 6.07 Å². The third-order valence-corrected chi connectivity index (χ3v) is 3.49. The summed E-state index contributed by atoms with van der Waals surface area (Å²) in [5.41, 5.74) is -3.56. The van der Waals surface area contributed by atoms with Crippen LogP contribution in [0.5, 0.6) is 0 Å². The van der Waals surface area contributed by atoms with Gasteiger partial charge in [0.2, 0.25) is 0 Å². The third-order valence-electron chi connectivity index (χ3n) is 3.49. The minimum atomic E-state index is -2.79. The van der Waals surface area contributed by atoms with Crippen molar-refractivity contribution in [3.63, 3.8) is 0 Å². The summed E-state index contributed by atoms with van der Waals surface area (Å²) in [5, 5.41) is 0. The van der Waals surface area contributed by atoms with Crippen molar-refractivity contribution >= 4 is 12.7 Å². The highest BCUT2D eigenvalue weighted by molar-refractivity contribution is 6.62. The van der Waals surface area contributed by atoms with Gasteiger partial charge in [-0.15, -0.1) is 0 Å². The summed E-state index contributed by atoms with van der Waals surface area (Å²) >= 11 is 0. The first kappa shape index (κ1) is 15.7. The molecule has 0 saturated heterocycles. The normalized spacial score (nSPS) is 25.9. The third kappa shape index (κ3) is 2.87. The van der Waals surface area contributed by atoms with Crippen LogP contribution in [0.3, 0.4) is 0 Å².